The Balaban J connectivity index is 2.04. The van der Waals surface area contributed by atoms with E-state index in [-0.39, 0.29) is 0 Å². The second-order valence-corrected chi connectivity index (χ2v) is 3.72. The molecule has 2 aliphatic heterocycles. The number of rotatable bonds is 1. The highest BCUT2D eigenvalue weighted by atomic mass is 35.5. The van der Waals surface area contributed by atoms with E-state index in [2.05, 4.69) is 20.5 Å². The maximum atomic E-state index is 6.34. The third-order valence-corrected chi connectivity index (χ3v) is 2.71. The molecular weight excluding hydrogens is 188 g/mol. The van der Waals surface area contributed by atoms with E-state index in [9.17, 15) is 0 Å². The fourth-order valence-electron chi connectivity index (χ4n) is 1.54. The van der Waals surface area contributed by atoms with Crippen molar-refractivity contribution in [3.05, 3.63) is 12.4 Å². The van der Waals surface area contributed by atoms with Gasteiger partial charge in [0.05, 0.1) is 6.21 Å². The number of alkyl halides is 1. The van der Waals surface area contributed by atoms with Crippen LogP contribution in [0.5, 0.6) is 0 Å². The third kappa shape index (κ3) is 1.85. The first-order chi connectivity index (χ1) is 6.31. The van der Waals surface area contributed by atoms with Gasteiger partial charge in [-0.1, -0.05) is 11.6 Å². The molecule has 0 aliphatic carbocycles. The lowest BCUT2D eigenvalue weighted by Gasteiger charge is -2.39. The molecule has 72 valence electrons. The molecule has 0 saturated carbocycles. The minimum absolute atomic E-state index is 0.614. The predicted molar refractivity (Wildman–Crippen MR) is 53.8 cm³/mol. The zero-order chi connectivity index (χ0) is 9.15. The van der Waals surface area contributed by atoms with Crippen LogP contribution in [0.15, 0.2) is 17.4 Å². The molecule has 0 aromatic carbocycles. The third-order valence-electron chi connectivity index (χ3n) is 2.27. The van der Waals surface area contributed by atoms with Crippen molar-refractivity contribution in [2.45, 2.75) is 5.12 Å². The highest BCUT2D eigenvalue weighted by molar-refractivity contribution is 6.31. The molecule has 0 radical (unpaired) electrons. The van der Waals surface area contributed by atoms with Gasteiger partial charge in [-0.15, -0.1) is 0 Å². The summed E-state index contributed by atoms with van der Waals surface area (Å²) < 4.78 is 0. The lowest BCUT2D eigenvalue weighted by Crippen LogP contribution is -2.60. The Morgan fingerprint density at radius 3 is 2.77 bits per heavy atom. The highest BCUT2D eigenvalue weighted by Gasteiger charge is 2.33. The Morgan fingerprint density at radius 2 is 2.15 bits per heavy atom. The molecule has 4 nitrogen and oxygen atoms in total. The van der Waals surface area contributed by atoms with Crippen molar-refractivity contribution in [1.29, 1.82) is 0 Å². The average Bonchev–Trinajstić information content (AvgIpc) is 2.20. The van der Waals surface area contributed by atoms with E-state index < -0.39 is 5.12 Å². The Bertz CT molecular complexity index is 234. The van der Waals surface area contributed by atoms with Gasteiger partial charge in [-0.05, 0) is 0 Å². The van der Waals surface area contributed by atoms with E-state index in [0.717, 1.165) is 26.2 Å². The zero-order valence-electron chi connectivity index (χ0n) is 7.33. The van der Waals surface area contributed by atoms with Crippen LogP contribution in [-0.4, -0.2) is 42.4 Å². The van der Waals surface area contributed by atoms with Gasteiger partial charge in [0.15, 0.2) is 0 Å². The van der Waals surface area contributed by atoms with Crippen LogP contribution in [0.4, 0.5) is 0 Å². The summed E-state index contributed by atoms with van der Waals surface area (Å²) in [6.45, 7) is 3.84. The van der Waals surface area contributed by atoms with E-state index >= 15 is 0 Å². The summed E-state index contributed by atoms with van der Waals surface area (Å²) in [7, 11) is 0. The van der Waals surface area contributed by atoms with Crippen molar-refractivity contribution in [3.8, 4) is 0 Å². The average molecular weight is 201 g/mol. The number of halogens is 1. The van der Waals surface area contributed by atoms with E-state index in [4.69, 9.17) is 11.6 Å². The Hall–Kier alpha value is -0.580. The minimum Gasteiger partial charge on any atom is -0.355 e. The number of nitrogens with zero attached hydrogens (tertiary/aromatic N) is 2. The Morgan fingerprint density at radius 1 is 1.38 bits per heavy atom. The maximum absolute atomic E-state index is 6.34. The molecule has 2 aliphatic rings. The van der Waals surface area contributed by atoms with Crippen LogP contribution in [-0.2, 0) is 0 Å². The van der Waals surface area contributed by atoms with Gasteiger partial charge >= 0.3 is 0 Å². The molecule has 1 fully saturated rings. The Labute approximate surface area is 82.7 Å². The lowest BCUT2D eigenvalue weighted by molar-refractivity contribution is 0.174. The smallest absolute Gasteiger partial charge is 0.205 e. The lowest BCUT2D eigenvalue weighted by atomic mass is 10.3. The summed E-state index contributed by atoms with van der Waals surface area (Å²) in [6, 6.07) is 0. The zero-order valence-corrected chi connectivity index (χ0v) is 8.09. The topological polar surface area (TPSA) is 39.7 Å². The van der Waals surface area contributed by atoms with Crippen LogP contribution in [0.25, 0.3) is 0 Å². The van der Waals surface area contributed by atoms with Gasteiger partial charge in [-0.3, -0.25) is 9.89 Å². The van der Waals surface area contributed by atoms with E-state index in [1.165, 1.54) is 0 Å². The van der Waals surface area contributed by atoms with Crippen LogP contribution in [0.2, 0.25) is 0 Å². The first-order valence-corrected chi connectivity index (χ1v) is 4.81. The van der Waals surface area contributed by atoms with Crippen molar-refractivity contribution in [2.75, 3.05) is 26.2 Å². The molecule has 1 saturated heterocycles. The molecule has 2 rings (SSSR count). The molecule has 1 atom stereocenters. The summed E-state index contributed by atoms with van der Waals surface area (Å²) >= 11 is 6.34. The van der Waals surface area contributed by atoms with Gasteiger partial charge < -0.3 is 10.6 Å². The number of nitrogens with one attached hydrogen (secondary N) is 2. The second-order valence-electron chi connectivity index (χ2n) is 3.15. The first-order valence-electron chi connectivity index (χ1n) is 4.43. The van der Waals surface area contributed by atoms with E-state index in [1.54, 1.807) is 18.6 Å². The van der Waals surface area contributed by atoms with E-state index in [0.29, 0.717) is 0 Å². The van der Waals surface area contributed by atoms with E-state index in [1.807, 2.05) is 0 Å². The Kier molecular flexibility index (Phi) is 2.53. The second kappa shape index (κ2) is 3.65. The molecule has 0 amide bonds. The fraction of sp³-hybridized carbons (Fsp3) is 0.625. The predicted octanol–water partition coefficient (Wildman–Crippen LogP) is -0.0706. The molecule has 2 N–H and O–H groups in total. The van der Waals surface area contributed by atoms with Crippen LogP contribution in [0.3, 0.4) is 0 Å². The highest BCUT2D eigenvalue weighted by Crippen LogP contribution is 2.17. The number of piperazine rings is 1. The summed E-state index contributed by atoms with van der Waals surface area (Å²) in [5, 5.41) is 5.77. The summed E-state index contributed by atoms with van der Waals surface area (Å²) in [5.41, 5.74) is 0. The molecule has 0 spiro atoms. The van der Waals surface area contributed by atoms with Crippen molar-refractivity contribution in [3.63, 3.8) is 0 Å². The van der Waals surface area contributed by atoms with Gasteiger partial charge in [0.2, 0.25) is 5.12 Å². The van der Waals surface area contributed by atoms with Crippen LogP contribution in [0, 0.1) is 0 Å². The van der Waals surface area contributed by atoms with Crippen molar-refractivity contribution >= 4 is 17.8 Å². The normalized spacial score (nSPS) is 34.5. The van der Waals surface area contributed by atoms with Crippen LogP contribution < -0.4 is 10.6 Å². The maximum Gasteiger partial charge on any atom is 0.205 e. The van der Waals surface area contributed by atoms with Gasteiger partial charge in [0, 0.05) is 38.6 Å². The minimum atomic E-state index is -0.614. The molecular formula is C8H13ClN4. The van der Waals surface area contributed by atoms with Gasteiger partial charge in [0.1, 0.15) is 0 Å². The number of aliphatic imine (C=N–C) groups is 1. The van der Waals surface area contributed by atoms with Gasteiger partial charge in [-0.25, -0.2) is 0 Å². The number of hydrogen-bond donors (Lipinski definition) is 2. The standard InChI is InChI=1S/C8H13ClN4/c9-8(7-11-1-2-12-8)13-5-3-10-4-6-13/h1-2,7,10,12H,3-6H2. The summed E-state index contributed by atoms with van der Waals surface area (Å²) in [5.74, 6) is 0. The quantitative estimate of drug-likeness (QED) is 0.460. The van der Waals surface area contributed by atoms with Crippen molar-refractivity contribution in [1.82, 2.24) is 15.5 Å². The molecule has 1 unspecified atom stereocenters. The van der Waals surface area contributed by atoms with Gasteiger partial charge in [-0.2, -0.15) is 0 Å². The SMILES string of the molecule is ClC1(N2CCNCC2)C=NC=CN1. The van der Waals surface area contributed by atoms with Crippen molar-refractivity contribution < 1.29 is 0 Å². The molecule has 2 heterocycles. The van der Waals surface area contributed by atoms with Crippen LogP contribution in [0.1, 0.15) is 0 Å². The molecule has 0 aromatic heterocycles. The molecule has 0 aromatic rings. The molecule has 0 bridgehead atoms. The van der Waals surface area contributed by atoms with Gasteiger partial charge in [0.25, 0.3) is 0 Å². The molecule has 5 heteroatoms. The largest absolute Gasteiger partial charge is 0.355 e. The molecule has 13 heavy (non-hydrogen) atoms. The van der Waals surface area contributed by atoms with Crippen molar-refractivity contribution in [2.24, 2.45) is 4.99 Å². The fourth-order valence-corrected chi connectivity index (χ4v) is 1.83. The first kappa shape index (κ1) is 8.99. The van der Waals surface area contributed by atoms with Crippen LogP contribution >= 0.6 is 11.6 Å². The number of hydrogen-bond acceptors (Lipinski definition) is 4. The summed E-state index contributed by atoms with van der Waals surface area (Å²) in [4.78, 5) is 6.21. The monoisotopic (exact) mass is 200 g/mol. The summed E-state index contributed by atoms with van der Waals surface area (Å²) in [6.07, 6.45) is 5.21.